The monoisotopic (exact) mass is 297 g/mol. The first kappa shape index (κ1) is 14.0. The minimum atomic E-state index is -0.229. The molecule has 1 aromatic carbocycles. The predicted octanol–water partition coefficient (Wildman–Crippen LogP) is 1.75. The number of hydrogen-bond acceptors (Lipinski definition) is 5. The number of benzene rings is 1. The topological polar surface area (TPSA) is 85.8 Å². The van der Waals surface area contributed by atoms with Gasteiger partial charge in [0.25, 0.3) is 5.91 Å². The first-order chi connectivity index (χ1) is 10.7. The van der Waals surface area contributed by atoms with E-state index < -0.39 is 0 Å². The van der Waals surface area contributed by atoms with Crippen LogP contribution in [-0.2, 0) is 6.54 Å². The fraction of sp³-hybridized carbons (Fsp3) is 0.200. The van der Waals surface area contributed by atoms with Crippen molar-refractivity contribution in [3.63, 3.8) is 0 Å². The highest BCUT2D eigenvalue weighted by Crippen LogP contribution is 2.23. The van der Waals surface area contributed by atoms with Crippen molar-refractivity contribution in [2.75, 3.05) is 0 Å². The molecule has 0 bridgehead atoms. The Kier molecular flexibility index (Phi) is 3.95. The SMILES string of the molecule is C[C@@H](Cn1cncn1)NC(=O)c1cnoc1-c1ccccc1. The fourth-order valence-corrected chi connectivity index (χ4v) is 2.15. The first-order valence-electron chi connectivity index (χ1n) is 6.87. The number of hydrogen-bond donors (Lipinski definition) is 1. The summed E-state index contributed by atoms with van der Waals surface area (Å²) in [4.78, 5) is 16.3. The van der Waals surface area contributed by atoms with Crippen LogP contribution in [0.2, 0.25) is 0 Å². The maximum Gasteiger partial charge on any atom is 0.257 e. The van der Waals surface area contributed by atoms with E-state index in [9.17, 15) is 4.79 Å². The molecule has 0 saturated carbocycles. The molecule has 112 valence electrons. The average molecular weight is 297 g/mol. The van der Waals surface area contributed by atoms with Gasteiger partial charge < -0.3 is 9.84 Å². The molecule has 0 unspecified atom stereocenters. The molecule has 3 rings (SSSR count). The lowest BCUT2D eigenvalue weighted by Crippen LogP contribution is -2.35. The third kappa shape index (κ3) is 3.03. The molecule has 1 amide bonds. The summed E-state index contributed by atoms with van der Waals surface area (Å²) in [5.41, 5.74) is 1.23. The molecule has 7 nitrogen and oxygen atoms in total. The molecule has 2 heterocycles. The second kappa shape index (κ2) is 6.21. The molecule has 1 N–H and O–H groups in total. The maximum atomic E-state index is 12.4. The van der Waals surface area contributed by atoms with Crippen LogP contribution in [0.5, 0.6) is 0 Å². The molecular formula is C15H15N5O2. The molecule has 2 aromatic heterocycles. The maximum absolute atomic E-state index is 12.4. The molecule has 0 saturated heterocycles. The van der Waals surface area contributed by atoms with Crippen LogP contribution in [-0.4, -0.2) is 31.9 Å². The van der Waals surface area contributed by atoms with E-state index in [0.717, 1.165) is 5.56 Å². The molecule has 1 atom stereocenters. The van der Waals surface area contributed by atoms with Crippen LogP contribution in [0.1, 0.15) is 17.3 Å². The highest BCUT2D eigenvalue weighted by molar-refractivity contribution is 5.99. The first-order valence-corrected chi connectivity index (χ1v) is 6.87. The number of carbonyl (C=O) groups excluding carboxylic acids is 1. The molecule has 3 aromatic rings. The summed E-state index contributed by atoms with van der Waals surface area (Å²) < 4.78 is 6.88. The zero-order chi connectivity index (χ0) is 15.4. The normalized spacial score (nSPS) is 12.0. The molecule has 7 heteroatoms. The van der Waals surface area contributed by atoms with E-state index >= 15 is 0 Å². The standard InChI is InChI=1S/C15H15N5O2/c1-11(8-20-10-16-9-17-20)19-15(21)13-7-18-22-14(13)12-5-3-2-4-6-12/h2-7,9-11H,8H2,1H3,(H,19,21)/t11-/m0/s1. The zero-order valence-corrected chi connectivity index (χ0v) is 12.0. The lowest BCUT2D eigenvalue weighted by atomic mass is 10.1. The van der Waals surface area contributed by atoms with Crippen molar-refractivity contribution in [1.82, 2.24) is 25.2 Å². The van der Waals surface area contributed by atoms with Gasteiger partial charge in [0.2, 0.25) is 0 Å². The van der Waals surface area contributed by atoms with Crippen molar-refractivity contribution in [1.29, 1.82) is 0 Å². The molecule has 0 spiro atoms. The summed E-state index contributed by atoms with van der Waals surface area (Å²) >= 11 is 0. The molecule has 0 radical (unpaired) electrons. The minimum Gasteiger partial charge on any atom is -0.355 e. The van der Waals surface area contributed by atoms with Crippen LogP contribution in [0.15, 0.2) is 53.7 Å². The van der Waals surface area contributed by atoms with Gasteiger partial charge in [-0.3, -0.25) is 9.48 Å². The van der Waals surface area contributed by atoms with E-state index in [4.69, 9.17) is 4.52 Å². The van der Waals surface area contributed by atoms with Crippen molar-refractivity contribution < 1.29 is 9.32 Å². The van der Waals surface area contributed by atoms with Crippen molar-refractivity contribution >= 4 is 5.91 Å². The Morgan fingerprint density at radius 2 is 2.18 bits per heavy atom. The minimum absolute atomic E-state index is 0.104. The number of aromatic nitrogens is 4. The van der Waals surface area contributed by atoms with E-state index in [0.29, 0.717) is 17.9 Å². The number of amides is 1. The summed E-state index contributed by atoms with van der Waals surface area (Å²) in [7, 11) is 0. The van der Waals surface area contributed by atoms with E-state index in [1.54, 1.807) is 11.0 Å². The van der Waals surface area contributed by atoms with Gasteiger partial charge in [0.1, 0.15) is 18.2 Å². The van der Waals surface area contributed by atoms with Gasteiger partial charge in [-0.25, -0.2) is 4.98 Å². The number of carbonyl (C=O) groups is 1. The van der Waals surface area contributed by atoms with Crippen LogP contribution in [0, 0.1) is 0 Å². The number of rotatable bonds is 5. The summed E-state index contributed by atoms with van der Waals surface area (Å²) in [5.74, 6) is 0.235. The van der Waals surface area contributed by atoms with Gasteiger partial charge in [0.15, 0.2) is 5.76 Å². The van der Waals surface area contributed by atoms with Crippen molar-refractivity contribution in [3.05, 3.63) is 54.7 Å². The molecule has 0 aliphatic carbocycles. The van der Waals surface area contributed by atoms with E-state index in [-0.39, 0.29) is 11.9 Å². The van der Waals surface area contributed by atoms with E-state index in [1.165, 1.54) is 12.5 Å². The van der Waals surface area contributed by atoms with Crippen LogP contribution in [0.4, 0.5) is 0 Å². The van der Waals surface area contributed by atoms with Crippen molar-refractivity contribution in [2.45, 2.75) is 19.5 Å². The summed E-state index contributed by atoms with van der Waals surface area (Å²) in [6.45, 7) is 2.44. The lowest BCUT2D eigenvalue weighted by molar-refractivity contribution is 0.0936. The van der Waals surface area contributed by atoms with Crippen LogP contribution < -0.4 is 5.32 Å². The smallest absolute Gasteiger partial charge is 0.257 e. The zero-order valence-electron chi connectivity index (χ0n) is 12.0. The predicted molar refractivity (Wildman–Crippen MR) is 78.9 cm³/mol. The fourth-order valence-electron chi connectivity index (χ4n) is 2.15. The molecule has 0 fully saturated rings. The number of nitrogens with one attached hydrogen (secondary N) is 1. The summed E-state index contributed by atoms with van der Waals surface area (Å²) in [5, 5.41) is 10.7. The summed E-state index contributed by atoms with van der Waals surface area (Å²) in [6, 6.07) is 9.30. The van der Waals surface area contributed by atoms with Crippen molar-refractivity contribution in [3.8, 4) is 11.3 Å². The molecule has 22 heavy (non-hydrogen) atoms. The Bertz CT molecular complexity index is 736. The molecule has 0 aliphatic heterocycles. The van der Waals surface area contributed by atoms with E-state index in [1.807, 2.05) is 37.3 Å². The second-order valence-electron chi connectivity index (χ2n) is 4.93. The Labute approximate surface area is 127 Å². The largest absolute Gasteiger partial charge is 0.355 e. The molecular weight excluding hydrogens is 282 g/mol. The van der Waals surface area contributed by atoms with Gasteiger partial charge in [-0.1, -0.05) is 35.5 Å². The number of nitrogens with zero attached hydrogens (tertiary/aromatic N) is 4. The van der Waals surface area contributed by atoms with Crippen LogP contribution >= 0.6 is 0 Å². The Morgan fingerprint density at radius 1 is 1.36 bits per heavy atom. The Balaban J connectivity index is 1.72. The van der Waals surface area contributed by atoms with Crippen molar-refractivity contribution in [2.24, 2.45) is 0 Å². The third-order valence-electron chi connectivity index (χ3n) is 3.16. The Morgan fingerprint density at radius 3 is 2.91 bits per heavy atom. The molecule has 0 aliphatic rings. The quantitative estimate of drug-likeness (QED) is 0.775. The van der Waals surface area contributed by atoms with Crippen LogP contribution in [0.25, 0.3) is 11.3 Å². The second-order valence-corrected chi connectivity index (χ2v) is 4.93. The van der Waals surface area contributed by atoms with Crippen LogP contribution in [0.3, 0.4) is 0 Å². The highest BCUT2D eigenvalue weighted by Gasteiger charge is 2.19. The average Bonchev–Trinajstić information content (AvgIpc) is 3.18. The van der Waals surface area contributed by atoms with Gasteiger partial charge in [0, 0.05) is 11.6 Å². The van der Waals surface area contributed by atoms with Gasteiger partial charge in [-0.05, 0) is 6.92 Å². The van der Waals surface area contributed by atoms with E-state index in [2.05, 4.69) is 20.6 Å². The Hall–Kier alpha value is -2.96. The third-order valence-corrected chi connectivity index (χ3v) is 3.16. The lowest BCUT2D eigenvalue weighted by Gasteiger charge is -2.13. The van der Waals surface area contributed by atoms with Gasteiger partial charge >= 0.3 is 0 Å². The van der Waals surface area contributed by atoms with Gasteiger partial charge in [-0.2, -0.15) is 5.10 Å². The van der Waals surface area contributed by atoms with Gasteiger partial charge in [-0.15, -0.1) is 0 Å². The highest BCUT2D eigenvalue weighted by atomic mass is 16.5. The van der Waals surface area contributed by atoms with Gasteiger partial charge in [0.05, 0.1) is 12.7 Å². The summed E-state index contributed by atoms with van der Waals surface area (Å²) in [6.07, 6.45) is 4.50.